The number of carbonyl (C=O) groups is 1. The molecule has 0 bridgehead atoms. The number of sulfonamides is 1. The van der Waals surface area contributed by atoms with Crippen LogP contribution in [0.15, 0.2) is 36.4 Å². The van der Waals surface area contributed by atoms with Crippen LogP contribution in [0.25, 0.3) is 0 Å². The van der Waals surface area contributed by atoms with Gasteiger partial charge in [-0.25, -0.2) is 8.42 Å². The van der Waals surface area contributed by atoms with E-state index in [4.69, 9.17) is 32.7 Å². The van der Waals surface area contributed by atoms with E-state index in [0.717, 1.165) is 16.1 Å². The molecule has 0 saturated carbocycles. The highest BCUT2D eigenvalue weighted by Crippen LogP contribution is 2.30. The zero-order valence-corrected chi connectivity index (χ0v) is 17.9. The van der Waals surface area contributed by atoms with Crippen molar-refractivity contribution in [3.8, 4) is 11.5 Å². The second kappa shape index (κ2) is 9.36. The van der Waals surface area contributed by atoms with Crippen LogP contribution in [0.3, 0.4) is 0 Å². The first kappa shape index (κ1) is 22.1. The zero-order valence-electron chi connectivity index (χ0n) is 15.5. The van der Waals surface area contributed by atoms with Crippen molar-refractivity contribution in [2.75, 3.05) is 31.3 Å². The number of amides is 1. The summed E-state index contributed by atoms with van der Waals surface area (Å²) < 4.78 is 35.6. The number of rotatable bonds is 8. The monoisotopic (exact) mass is 446 g/mol. The fourth-order valence-electron chi connectivity index (χ4n) is 2.44. The fourth-order valence-corrected chi connectivity index (χ4v) is 3.73. The number of methoxy groups -OCH3 is 2. The Bertz CT molecular complexity index is 966. The van der Waals surface area contributed by atoms with E-state index in [-0.39, 0.29) is 17.3 Å². The molecule has 10 heteroatoms. The van der Waals surface area contributed by atoms with Crippen molar-refractivity contribution in [3.05, 3.63) is 52.0 Å². The van der Waals surface area contributed by atoms with E-state index in [0.29, 0.717) is 16.5 Å². The third-order valence-electron chi connectivity index (χ3n) is 3.80. The molecule has 1 N–H and O–H groups in total. The summed E-state index contributed by atoms with van der Waals surface area (Å²) in [4.78, 5) is 12.4. The van der Waals surface area contributed by atoms with Gasteiger partial charge in [0.1, 0.15) is 6.54 Å². The summed E-state index contributed by atoms with van der Waals surface area (Å²) in [5.41, 5.74) is 0.899. The molecule has 2 rings (SSSR count). The SMILES string of the molecule is COc1ccc(CNC(=O)CN(c2cc(Cl)ccc2Cl)S(C)(=O)=O)cc1OC. The molecule has 1 amide bonds. The second-order valence-corrected chi connectivity index (χ2v) is 8.58. The second-order valence-electron chi connectivity index (χ2n) is 5.83. The van der Waals surface area contributed by atoms with E-state index >= 15 is 0 Å². The van der Waals surface area contributed by atoms with Gasteiger partial charge in [0.25, 0.3) is 0 Å². The predicted octanol–water partition coefficient (Wildman–Crippen LogP) is 3.09. The van der Waals surface area contributed by atoms with Crippen LogP contribution in [0.5, 0.6) is 11.5 Å². The van der Waals surface area contributed by atoms with E-state index < -0.39 is 22.5 Å². The Morgan fingerprint density at radius 2 is 1.75 bits per heavy atom. The van der Waals surface area contributed by atoms with Gasteiger partial charge in [-0.15, -0.1) is 0 Å². The van der Waals surface area contributed by atoms with Crippen molar-refractivity contribution in [2.24, 2.45) is 0 Å². The molecular weight excluding hydrogens is 427 g/mol. The van der Waals surface area contributed by atoms with Gasteiger partial charge >= 0.3 is 0 Å². The van der Waals surface area contributed by atoms with Gasteiger partial charge in [-0.1, -0.05) is 29.3 Å². The van der Waals surface area contributed by atoms with E-state index in [1.54, 1.807) is 18.2 Å². The Kier molecular flexibility index (Phi) is 7.40. The lowest BCUT2D eigenvalue weighted by atomic mass is 10.2. The number of hydrogen-bond donors (Lipinski definition) is 1. The van der Waals surface area contributed by atoms with E-state index in [2.05, 4.69) is 5.32 Å². The molecular formula is C18H20Cl2N2O5S. The summed E-state index contributed by atoms with van der Waals surface area (Å²) in [5.74, 6) is 0.588. The van der Waals surface area contributed by atoms with Crippen molar-refractivity contribution in [3.63, 3.8) is 0 Å². The first-order chi connectivity index (χ1) is 13.2. The van der Waals surface area contributed by atoms with Gasteiger partial charge in [0, 0.05) is 11.6 Å². The third kappa shape index (κ3) is 5.67. The van der Waals surface area contributed by atoms with E-state index in [1.807, 2.05) is 0 Å². The average molecular weight is 447 g/mol. The van der Waals surface area contributed by atoms with Crippen LogP contribution in [0.4, 0.5) is 5.69 Å². The number of carbonyl (C=O) groups excluding carboxylic acids is 1. The quantitative estimate of drug-likeness (QED) is 0.673. The molecule has 0 atom stereocenters. The molecule has 7 nitrogen and oxygen atoms in total. The predicted molar refractivity (Wildman–Crippen MR) is 110 cm³/mol. The topological polar surface area (TPSA) is 84.9 Å². The number of halogens is 2. The minimum absolute atomic E-state index is 0.137. The van der Waals surface area contributed by atoms with Crippen molar-refractivity contribution in [1.29, 1.82) is 0 Å². The number of benzene rings is 2. The minimum atomic E-state index is -3.76. The van der Waals surface area contributed by atoms with Gasteiger partial charge in [-0.2, -0.15) is 0 Å². The van der Waals surface area contributed by atoms with Gasteiger partial charge in [0.2, 0.25) is 15.9 Å². The van der Waals surface area contributed by atoms with Crippen molar-refractivity contribution in [1.82, 2.24) is 5.32 Å². The third-order valence-corrected chi connectivity index (χ3v) is 5.48. The molecule has 28 heavy (non-hydrogen) atoms. The molecule has 0 heterocycles. The lowest BCUT2D eigenvalue weighted by Crippen LogP contribution is -2.40. The summed E-state index contributed by atoms with van der Waals surface area (Å²) in [7, 11) is -0.721. The zero-order chi connectivity index (χ0) is 20.9. The molecule has 0 radical (unpaired) electrons. The molecule has 2 aromatic carbocycles. The summed E-state index contributed by atoms with van der Waals surface area (Å²) in [6, 6.07) is 9.61. The first-order valence-corrected chi connectivity index (χ1v) is 10.7. The Labute approximate surface area is 174 Å². The van der Waals surface area contributed by atoms with Gasteiger partial charge in [-0.05, 0) is 35.9 Å². The van der Waals surface area contributed by atoms with Crippen LogP contribution < -0.4 is 19.1 Å². The van der Waals surface area contributed by atoms with Gasteiger partial charge < -0.3 is 14.8 Å². The normalized spacial score (nSPS) is 11.0. The fraction of sp³-hybridized carbons (Fsp3) is 0.278. The molecule has 0 aliphatic heterocycles. The number of nitrogens with zero attached hydrogens (tertiary/aromatic N) is 1. The molecule has 0 aliphatic carbocycles. The summed E-state index contributed by atoms with van der Waals surface area (Å²) in [6.07, 6.45) is 0.992. The van der Waals surface area contributed by atoms with Crippen LogP contribution in [0.1, 0.15) is 5.56 Å². The number of hydrogen-bond acceptors (Lipinski definition) is 5. The summed E-state index contributed by atoms with van der Waals surface area (Å²) in [6.45, 7) is -0.258. The van der Waals surface area contributed by atoms with Gasteiger partial charge in [-0.3, -0.25) is 9.10 Å². The first-order valence-electron chi connectivity index (χ1n) is 8.06. The largest absolute Gasteiger partial charge is 0.493 e. The van der Waals surface area contributed by atoms with E-state index in [9.17, 15) is 13.2 Å². The molecule has 0 aliphatic rings. The van der Waals surface area contributed by atoms with Gasteiger partial charge in [0.05, 0.1) is 31.2 Å². The average Bonchev–Trinajstić information content (AvgIpc) is 2.65. The maximum absolute atomic E-state index is 12.4. The summed E-state index contributed by atoms with van der Waals surface area (Å²) >= 11 is 12.0. The van der Waals surface area contributed by atoms with Crippen LogP contribution in [0.2, 0.25) is 10.0 Å². The van der Waals surface area contributed by atoms with Gasteiger partial charge in [0.15, 0.2) is 11.5 Å². The highest BCUT2D eigenvalue weighted by molar-refractivity contribution is 7.92. The van der Waals surface area contributed by atoms with Crippen molar-refractivity contribution in [2.45, 2.75) is 6.54 Å². The molecule has 0 saturated heterocycles. The molecule has 0 aromatic heterocycles. The number of nitrogens with one attached hydrogen (secondary N) is 1. The maximum Gasteiger partial charge on any atom is 0.241 e. The van der Waals surface area contributed by atoms with E-state index in [1.165, 1.54) is 32.4 Å². The lowest BCUT2D eigenvalue weighted by Gasteiger charge is -2.23. The Balaban J connectivity index is 2.14. The molecule has 152 valence electrons. The highest BCUT2D eigenvalue weighted by atomic mass is 35.5. The smallest absolute Gasteiger partial charge is 0.241 e. The molecule has 0 unspecified atom stereocenters. The molecule has 2 aromatic rings. The molecule has 0 spiro atoms. The Morgan fingerprint density at radius 3 is 2.36 bits per heavy atom. The lowest BCUT2D eigenvalue weighted by molar-refractivity contribution is -0.119. The molecule has 0 fully saturated rings. The minimum Gasteiger partial charge on any atom is -0.493 e. The van der Waals surface area contributed by atoms with Crippen molar-refractivity contribution < 1.29 is 22.7 Å². The summed E-state index contributed by atoms with van der Waals surface area (Å²) in [5, 5.41) is 3.15. The van der Waals surface area contributed by atoms with Crippen LogP contribution in [-0.4, -0.2) is 41.3 Å². The Morgan fingerprint density at radius 1 is 1.07 bits per heavy atom. The van der Waals surface area contributed by atoms with Crippen LogP contribution in [0, 0.1) is 0 Å². The number of ether oxygens (including phenoxy) is 2. The van der Waals surface area contributed by atoms with Crippen LogP contribution >= 0.6 is 23.2 Å². The maximum atomic E-state index is 12.4. The van der Waals surface area contributed by atoms with Crippen molar-refractivity contribution >= 4 is 44.8 Å². The van der Waals surface area contributed by atoms with Crippen LogP contribution in [-0.2, 0) is 21.4 Å². The highest BCUT2D eigenvalue weighted by Gasteiger charge is 2.23. The Hall–Kier alpha value is -2.16. The number of anilines is 1. The standard InChI is InChI=1S/C18H20Cl2N2O5S/c1-26-16-7-4-12(8-17(16)27-2)10-21-18(23)11-22(28(3,24)25)15-9-13(19)5-6-14(15)20/h4-9H,10-11H2,1-3H3,(H,21,23).